The molecule has 2 rings (SSSR count). The van der Waals surface area contributed by atoms with Crippen molar-refractivity contribution in [1.82, 2.24) is 10.2 Å². The molecule has 0 saturated carbocycles. The van der Waals surface area contributed by atoms with Crippen LogP contribution in [0.25, 0.3) is 0 Å². The molecule has 2 heterocycles. The summed E-state index contributed by atoms with van der Waals surface area (Å²) in [5.41, 5.74) is -0.577. The highest BCUT2D eigenvalue weighted by Gasteiger charge is 2.37. The fraction of sp³-hybridized carbons (Fsp3) is 0.933. The highest BCUT2D eigenvalue weighted by atomic mass is 16.4. The highest BCUT2D eigenvalue weighted by molar-refractivity contribution is 5.74. The van der Waals surface area contributed by atoms with E-state index in [2.05, 4.69) is 10.2 Å². The van der Waals surface area contributed by atoms with E-state index in [9.17, 15) is 9.90 Å². The predicted molar refractivity (Wildman–Crippen MR) is 76.3 cm³/mol. The Labute approximate surface area is 116 Å². The van der Waals surface area contributed by atoms with Gasteiger partial charge in [0.1, 0.15) is 0 Å². The summed E-state index contributed by atoms with van der Waals surface area (Å²) >= 11 is 0. The van der Waals surface area contributed by atoms with Crippen molar-refractivity contribution in [2.45, 2.75) is 64.5 Å². The van der Waals surface area contributed by atoms with Gasteiger partial charge in [0, 0.05) is 18.6 Å². The number of carboxylic acid groups (broad SMARTS) is 1. The Hall–Kier alpha value is -0.610. The van der Waals surface area contributed by atoms with Crippen molar-refractivity contribution < 1.29 is 9.90 Å². The Bertz CT molecular complexity index is 315. The minimum atomic E-state index is -0.650. The van der Waals surface area contributed by atoms with Gasteiger partial charge in [-0.25, -0.2) is 0 Å². The number of carbonyl (C=O) groups is 1. The third-order valence-electron chi connectivity index (χ3n) is 5.36. The van der Waals surface area contributed by atoms with Gasteiger partial charge in [-0.3, -0.25) is 4.79 Å². The topological polar surface area (TPSA) is 52.6 Å². The van der Waals surface area contributed by atoms with Crippen LogP contribution in [0.1, 0.15) is 52.4 Å². The molecule has 0 unspecified atom stereocenters. The first-order chi connectivity index (χ1) is 9.11. The fourth-order valence-corrected chi connectivity index (χ4v) is 3.63. The van der Waals surface area contributed by atoms with E-state index in [-0.39, 0.29) is 0 Å². The molecule has 2 fully saturated rings. The van der Waals surface area contributed by atoms with Crippen molar-refractivity contribution in [3.63, 3.8) is 0 Å². The summed E-state index contributed by atoms with van der Waals surface area (Å²) in [6.07, 6.45) is 6.43. The Morgan fingerprint density at radius 2 is 2.05 bits per heavy atom. The molecule has 2 aliphatic rings. The number of aliphatic carboxylic acids is 1. The third-order valence-corrected chi connectivity index (χ3v) is 5.36. The summed E-state index contributed by atoms with van der Waals surface area (Å²) in [6.45, 7) is 7.03. The minimum Gasteiger partial charge on any atom is -0.481 e. The average molecular weight is 268 g/mol. The van der Waals surface area contributed by atoms with Gasteiger partial charge in [0.15, 0.2) is 0 Å². The molecular formula is C15H28N2O2. The molecule has 0 bridgehead atoms. The van der Waals surface area contributed by atoms with Gasteiger partial charge < -0.3 is 15.3 Å². The minimum absolute atomic E-state index is 0.510. The smallest absolute Gasteiger partial charge is 0.310 e. The Morgan fingerprint density at radius 1 is 1.32 bits per heavy atom. The lowest BCUT2D eigenvalue weighted by molar-refractivity contribution is -0.149. The number of piperidine rings is 1. The first-order valence-corrected chi connectivity index (χ1v) is 7.82. The van der Waals surface area contributed by atoms with Gasteiger partial charge in [-0.05, 0) is 51.6 Å². The molecule has 110 valence electrons. The van der Waals surface area contributed by atoms with Crippen LogP contribution < -0.4 is 5.32 Å². The molecule has 0 aromatic heterocycles. The standard InChI is InChI=1S/C15H28N2O2/c1-3-15(4-2,14(18)19)11-16-12-7-9-17-8-5-6-13(17)10-12/h12-13,16H,3-11H2,1-2H3,(H,18,19)/t12-,13+/m0/s1. The van der Waals surface area contributed by atoms with E-state index in [1.54, 1.807) is 0 Å². The Balaban J connectivity index is 1.86. The lowest BCUT2D eigenvalue weighted by Crippen LogP contribution is -2.49. The van der Waals surface area contributed by atoms with Crippen molar-refractivity contribution >= 4 is 5.97 Å². The first-order valence-electron chi connectivity index (χ1n) is 7.82. The molecule has 0 aliphatic carbocycles. The average Bonchev–Trinajstić information content (AvgIpc) is 2.87. The quantitative estimate of drug-likeness (QED) is 0.774. The van der Waals surface area contributed by atoms with E-state index in [0.717, 1.165) is 6.04 Å². The molecule has 0 aromatic rings. The van der Waals surface area contributed by atoms with Crippen molar-refractivity contribution in [3.8, 4) is 0 Å². The molecule has 2 saturated heterocycles. The molecule has 0 radical (unpaired) electrons. The number of hydrogen-bond donors (Lipinski definition) is 2. The zero-order valence-electron chi connectivity index (χ0n) is 12.3. The molecule has 2 N–H and O–H groups in total. The second-order valence-electron chi connectivity index (χ2n) is 6.23. The van der Waals surface area contributed by atoms with Gasteiger partial charge in [-0.1, -0.05) is 13.8 Å². The van der Waals surface area contributed by atoms with E-state index in [4.69, 9.17) is 0 Å². The van der Waals surface area contributed by atoms with E-state index in [1.165, 1.54) is 38.8 Å². The third kappa shape index (κ3) is 3.11. The van der Waals surface area contributed by atoms with Gasteiger partial charge in [-0.15, -0.1) is 0 Å². The monoisotopic (exact) mass is 268 g/mol. The van der Waals surface area contributed by atoms with Crippen LogP contribution in [-0.4, -0.2) is 47.7 Å². The first kappa shape index (κ1) is 14.8. The van der Waals surface area contributed by atoms with Crippen molar-refractivity contribution in [3.05, 3.63) is 0 Å². The van der Waals surface area contributed by atoms with E-state index in [1.807, 2.05) is 13.8 Å². The summed E-state index contributed by atoms with van der Waals surface area (Å²) in [5.74, 6) is -0.650. The lowest BCUT2D eigenvalue weighted by atomic mass is 9.82. The summed E-state index contributed by atoms with van der Waals surface area (Å²) < 4.78 is 0. The molecule has 0 amide bonds. The summed E-state index contributed by atoms with van der Waals surface area (Å²) in [4.78, 5) is 14.1. The molecule has 0 spiro atoms. The van der Waals surface area contributed by atoms with Gasteiger partial charge >= 0.3 is 5.97 Å². The molecule has 0 aromatic carbocycles. The molecule has 19 heavy (non-hydrogen) atoms. The lowest BCUT2D eigenvalue weighted by Gasteiger charge is -2.37. The number of nitrogens with one attached hydrogen (secondary N) is 1. The van der Waals surface area contributed by atoms with Crippen LogP contribution in [0.5, 0.6) is 0 Å². The maximum Gasteiger partial charge on any atom is 0.310 e. The zero-order valence-corrected chi connectivity index (χ0v) is 12.3. The maximum atomic E-state index is 11.5. The predicted octanol–water partition coefficient (Wildman–Crippen LogP) is 2.09. The molecule has 2 atom stereocenters. The van der Waals surface area contributed by atoms with Gasteiger partial charge in [0.2, 0.25) is 0 Å². The highest BCUT2D eigenvalue weighted by Crippen LogP contribution is 2.29. The van der Waals surface area contributed by atoms with Gasteiger partial charge in [0.05, 0.1) is 5.41 Å². The van der Waals surface area contributed by atoms with Crippen molar-refractivity contribution in [2.24, 2.45) is 5.41 Å². The van der Waals surface area contributed by atoms with Crippen LogP contribution in [0, 0.1) is 5.41 Å². The number of carboxylic acids is 1. The Kier molecular flexibility index (Phi) is 4.85. The number of nitrogens with zero attached hydrogens (tertiary/aromatic N) is 1. The number of rotatable bonds is 6. The number of fused-ring (bicyclic) bond motifs is 1. The second kappa shape index (κ2) is 6.23. The molecule has 4 nitrogen and oxygen atoms in total. The van der Waals surface area contributed by atoms with E-state index >= 15 is 0 Å². The van der Waals surface area contributed by atoms with Crippen LogP contribution in [0.4, 0.5) is 0 Å². The van der Waals surface area contributed by atoms with Crippen molar-refractivity contribution in [1.29, 1.82) is 0 Å². The van der Waals surface area contributed by atoms with Gasteiger partial charge in [-0.2, -0.15) is 0 Å². The van der Waals surface area contributed by atoms with E-state index in [0.29, 0.717) is 25.4 Å². The summed E-state index contributed by atoms with van der Waals surface area (Å²) in [6, 6.07) is 1.25. The van der Waals surface area contributed by atoms with Crippen molar-refractivity contribution in [2.75, 3.05) is 19.6 Å². The fourth-order valence-electron chi connectivity index (χ4n) is 3.63. The summed E-state index contributed by atoms with van der Waals surface area (Å²) in [7, 11) is 0. The maximum absolute atomic E-state index is 11.5. The van der Waals surface area contributed by atoms with Gasteiger partial charge in [0.25, 0.3) is 0 Å². The number of hydrogen-bond acceptors (Lipinski definition) is 3. The van der Waals surface area contributed by atoms with Crippen LogP contribution >= 0.6 is 0 Å². The SMILES string of the molecule is CCC(CC)(CN[C@H]1CCN2CCC[C@@H]2C1)C(=O)O. The largest absolute Gasteiger partial charge is 0.481 e. The second-order valence-corrected chi connectivity index (χ2v) is 6.23. The van der Waals surface area contributed by atoms with Crippen LogP contribution in [0.15, 0.2) is 0 Å². The molecule has 2 aliphatic heterocycles. The normalized spacial score (nSPS) is 28.3. The van der Waals surface area contributed by atoms with E-state index < -0.39 is 11.4 Å². The van der Waals surface area contributed by atoms with Crippen LogP contribution in [0.3, 0.4) is 0 Å². The van der Waals surface area contributed by atoms with Crippen LogP contribution in [0.2, 0.25) is 0 Å². The molecular weight excluding hydrogens is 240 g/mol. The molecule has 4 heteroatoms. The zero-order chi connectivity index (χ0) is 13.9. The summed E-state index contributed by atoms with van der Waals surface area (Å²) in [5, 5.41) is 13.0. The van der Waals surface area contributed by atoms with Crippen LogP contribution in [-0.2, 0) is 4.79 Å². The Morgan fingerprint density at radius 3 is 2.68 bits per heavy atom.